The monoisotopic (exact) mass is 255 g/mol. The third-order valence-electron chi connectivity index (χ3n) is 3.27. The van der Waals surface area contributed by atoms with Gasteiger partial charge in [-0.3, -0.25) is 0 Å². The van der Waals surface area contributed by atoms with Crippen molar-refractivity contribution in [2.75, 3.05) is 6.54 Å². The maximum atomic E-state index is 5.83. The van der Waals surface area contributed by atoms with Gasteiger partial charge in [0.15, 0.2) is 0 Å². The number of hydrogen-bond acceptors (Lipinski definition) is 3. The maximum Gasteiger partial charge on any atom is 0.134 e. The fourth-order valence-corrected chi connectivity index (χ4v) is 2.18. The van der Waals surface area contributed by atoms with Gasteiger partial charge in [0.2, 0.25) is 0 Å². The zero-order chi connectivity index (χ0) is 13.1. The van der Waals surface area contributed by atoms with Crippen LogP contribution in [0.3, 0.4) is 0 Å². The van der Waals surface area contributed by atoms with E-state index in [2.05, 4.69) is 24.4 Å². The van der Waals surface area contributed by atoms with Gasteiger partial charge in [0.05, 0.1) is 12.3 Å². The fraction of sp³-hybridized carbons (Fsp3) is 0.250. The molecular formula is C16H17NO2. The van der Waals surface area contributed by atoms with E-state index in [0.717, 1.165) is 35.5 Å². The molecule has 1 aromatic carbocycles. The third kappa shape index (κ3) is 2.71. The molecule has 2 aromatic heterocycles. The lowest BCUT2D eigenvalue weighted by molar-refractivity contribution is 0.439. The summed E-state index contributed by atoms with van der Waals surface area (Å²) in [5, 5.41) is 4.59. The molecule has 2 heterocycles. The molecule has 3 rings (SSSR count). The standard InChI is InChI=1S/C16H17NO2/c1-12(17-9-8-14-6-4-10-18-14)16-11-13-5-2-3-7-15(13)19-16/h2-7,10-12,17H,8-9H2,1H3. The molecule has 98 valence electrons. The van der Waals surface area contributed by atoms with Crippen molar-refractivity contribution in [1.29, 1.82) is 0 Å². The van der Waals surface area contributed by atoms with Crippen molar-refractivity contribution in [3.8, 4) is 0 Å². The van der Waals surface area contributed by atoms with Gasteiger partial charge in [-0.2, -0.15) is 0 Å². The van der Waals surface area contributed by atoms with E-state index in [0.29, 0.717) is 0 Å². The minimum absolute atomic E-state index is 0.197. The molecule has 1 N–H and O–H groups in total. The van der Waals surface area contributed by atoms with Crippen LogP contribution in [0.2, 0.25) is 0 Å². The van der Waals surface area contributed by atoms with Gasteiger partial charge in [0, 0.05) is 18.4 Å². The Balaban J connectivity index is 1.61. The lowest BCUT2D eigenvalue weighted by atomic mass is 10.2. The second-order valence-electron chi connectivity index (χ2n) is 4.69. The molecule has 0 radical (unpaired) electrons. The first-order valence-corrected chi connectivity index (χ1v) is 6.57. The van der Waals surface area contributed by atoms with E-state index in [1.807, 2.05) is 30.3 Å². The summed E-state index contributed by atoms with van der Waals surface area (Å²) >= 11 is 0. The fourth-order valence-electron chi connectivity index (χ4n) is 2.18. The van der Waals surface area contributed by atoms with Crippen molar-refractivity contribution in [1.82, 2.24) is 5.32 Å². The Bertz CT molecular complexity index is 607. The van der Waals surface area contributed by atoms with Crippen LogP contribution in [0, 0.1) is 0 Å². The van der Waals surface area contributed by atoms with E-state index in [9.17, 15) is 0 Å². The molecule has 3 nitrogen and oxygen atoms in total. The maximum absolute atomic E-state index is 5.83. The van der Waals surface area contributed by atoms with E-state index in [4.69, 9.17) is 8.83 Å². The molecule has 1 unspecified atom stereocenters. The SMILES string of the molecule is CC(NCCc1ccco1)c1cc2ccccc2o1. The Morgan fingerprint density at radius 1 is 1.16 bits per heavy atom. The second-order valence-corrected chi connectivity index (χ2v) is 4.69. The second kappa shape index (κ2) is 5.33. The smallest absolute Gasteiger partial charge is 0.134 e. The van der Waals surface area contributed by atoms with Crippen molar-refractivity contribution in [3.63, 3.8) is 0 Å². The molecule has 0 aliphatic heterocycles. The first kappa shape index (κ1) is 12.1. The minimum Gasteiger partial charge on any atom is -0.469 e. The normalized spacial score (nSPS) is 12.9. The van der Waals surface area contributed by atoms with Gasteiger partial charge < -0.3 is 14.2 Å². The van der Waals surface area contributed by atoms with Gasteiger partial charge >= 0.3 is 0 Å². The Labute approximate surface area is 112 Å². The van der Waals surface area contributed by atoms with E-state index >= 15 is 0 Å². The number of hydrogen-bond donors (Lipinski definition) is 1. The van der Waals surface area contributed by atoms with Crippen LogP contribution in [0.1, 0.15) is 24.5 Å². The molecule has 0 aliphatic carbocycles. The van der Waals surface area contributed by atoms with E-state index < -0.39 is 0 Å². The van der Waals surface area contributed by atoms with Crippen LogP contribution < -0.4 is 5.32 Å². The summed E-state index contributed by atoms with van der Waals surface area (Å²) in [7, 11) is 0. The van der Waals surface area contributed by atoms with E-state index in [-0.39, 0.29) is 6.04 Å². The molecule has 0 fully saturated rings. The highest BCUT2D eigenvalue weighted by molar-refractivity contribution is 5.77. The zero-order valence-electron chi connectivity index (χ0n) is 10.9. The third-order valence-corrected chi connectivity index (χ3v) is 3.27. The summed E-state index contributed by atoms with van der Waals surface area (Å²) in [6.45, 7) is 2.98. The number of benzene rings is 1. The topological polar surface area (TPSA) is 38.3 Å². The summed E-state index contributed by atoms with van der Waals surface area (Å²) in [5.41, 5.74) is 0.942. The number of fused-ring (bicyclic) bond motifs is 1. The summed E-state index contributed by atoms with van der Waals surface area (Å²) in [5.74, 6) is 1.98. The van der Waals surface area contributed by atoms with Crippen LogP contribution >= 0.6 is 0 Å². The van der Waals surface area contributed by atoms with Gasteiger partial charge in [-0.25, -0.2) is 0 Å². The van der Waals surface area contributed by atoms with Crippen molar-refractivity contribution in [2.24, 2.45) is 0 Å². The molecule has 3 aromatic rings. The van der Waals surface area contributed by atoms with Crippen LogP contribution in [-0.4, -0.2) is 6.54 Å². The number of para-hydroxylation sites is 1. The van der Waals surface area contributed by atoms with Gasteiger partial charge in [-0.1, -0.05) is 18.2 Å². The highest BCUT2D eigenvalue weighted by Gasteiger charge is 2.10. The molecular weight excluding hydrogens is 238 g/mol. The Hall–Kier alpha value is -2.00. The first-order valence-electron chi connectivity index (χ1n) is 6.57. The summed E-state index contributed by atoms with van der Waals surface area (Å²) in [4.78, 5) is 0. The van der Waals surface area contributed by atoms with Crippen molar-refractivity contribution < 1.29 is 8.83 Å². The molecule has 0 saturated carbocycles. The first-order chi connectivity index (χ1) is 9.33. The molecule has 19 heavy (non-hydrogen) atoms. The van der Waals surface area contributed by atoms with Gasteiger partial charge in [-0.15, -0.1) is 0 Å². The molecule has 3 heteroatoms. The molecule has 0 aliphatic rings. The highest BCUT2D eigenvalue weighted by atomic mass is 16.3. The highest BCUT2D eigenvalue weighted by Crippen LogP contribution is 2.23. The lowest BCUT2D eigenvalue weighted by Crippen LogP contribution is -2.20. The van der Waals surface area contributed by atoms with Crippen molar-refractivity contribution in [3.05, 3.63) is 60.2 Å². The zero-order valence-corrected chi connectivity index (χ0v) is 10.9. The van der Waals surface area contributed by atoms with E-state index in [1.54, 1.807) is 6.26 Å². The Kier molecular flexibility index (Phi) is 3.38. The van der Waals surface area contributed by atoms with Crippen LogP contribution in [0.4, 0.5) is 0 Å². The molecule has 0 amide bonds. The minimum atomic E-state index is 0.197. The van der Waals surface area contributed by atoms with Gasteiger partial charge in [0.25, 0.3) is 0 Å². The number of furan rings is 2. The summed E-state index contributed by atoms with van der Waals surface area (Å²) in [6, 6.07) is 14.3. The van der Waals surface area contributed by atoms with Crippen LogP contribution in [-0.2, 0) is 6.42 Å². The molecule has 0 bridgehead atoms. The van der Waals surface area contributed by atoms with Crippen molar-refractivity contribution in [2.45, 2.75) is 19.4 Å². The largest absolute Gasteiger partial charge is 0.469 e. The summed E-state index contributed by atoms with van der Waals surface area (Å²) < 4.78 is 11.1. The Morgan fingerprint density at radius 3 is 2.84 bits per heavy atom. The lowest BCUT2D eigenvalue weighted by Gasteiger charge is -2.10. The number of nitrogens with one attached hydrogen (secondary N) is 1. The Morgan fingerprint density at radius 2 is 2.05 bits per heavy atom. The number of rotatable bonds is 5. The van der Waals surface area contributed by atoms with Gasteiger partial charge in [0.1, 0.15) is 17.1 Å². The predicted molar refractivity (Wildman–Crippen MR) is 75.0 cm³/mol. The van der Waals surface area contributed by atoms with Crippen LogP contribution in [0.25, 0.3) is 11.0 Å². The average Bonchev–Trinajstić information content (AvgIpc) is 3.07. The quantitative estimate of drug-likeness (QED) is 0.751. The van der Waals surface area contributed by atoms with E-state index in [1.165, 1.54) is 0 Å². The molecule has 1 atom stereocenters. The molecule has 0 saturated heterocycles. The predicted octanol–water partition coefficient (Wildman–Crippen LogP) is 3.92. The summed E-state index contributed by atoms with van der Waals surface area (Å²) in [6.07, 6.45) is 2.59. The van der Waals surface area contributed by atoms with Crippen molar-refractivity contribution >= 4 is 11.0 Å². The average molecular weight is 255 g/mol. The van der Waals surface area contributed by atoms with Gasteiger partial charge in [-0.05, 0) is 31.2 Å². The van der Waals surface area contributed by atoms with Crippen LogP contribution in [0.5, 0.6) is 0 Å². The van der Waals surface area contributed by atoms with Crippen LogP contribution in [0.15, 0.2) is 57.6 Å². The molecule has 0 spiro atoms.